The van der Waals surface area contributed by atoms with Crippen LogP contribution in [0.1, 0.15) is 52.4 Å². The van der Waals surface area contributed by atoms with Crippen LogP contribution in [0.25, 0.3) is 0 Å². The van der Waals surface area contributed by atoms with Crippen LogP contribution in [0.2, 0.25) is 0 Å². The molecule has 6 atom stereocenters. The second-order valence-corrected chi connectivity index (χ2v) is 8.03. The van der Waals surface area contributed by atoms with E-state index in [0.717, 1.165) is 35.5 Å². The van der Waals surface area contributed by atoms with Crippen molar-refractivity contribution in [3.63, 3.8) is 0 Å². The third kappa shape index (κ3) is 1.55. The molecular weight excluding hydrogens is 220 g/mol. The number of carbonyl (C=O) groups excluding carboxylic acids is 1. The first-order valence-corrected chi connectivity index (χ1v) is 8.19. The Labute approximate surface area is 111 Å². The van der Waals surface area contributed by atoms with Gasteiger partial charge in [-0.05, 0) is 74.0 Å². The number of ketones is 1. The highest BCUT2D eigenvalue weighted by Gasteiger charge is 2.67. The highest BCUT2D eigenvalue weighted by atomic mass is 16.1. The topological polar surface area (TPSA) is 17.1 Å². The van der Waals surface area contributed by atoms with E-state index in [1.54, 1.807) is 0 Å². The Hall–Kier alpha value is -0.330. The first kappa shape index (κ1) is 11.5. The Balaban J connectivity index is 1.45. The first-order chi connectivity index (χ1) is 8.65. The van der Waals surface area contributed by atoms with Crippen LogP contribution in [0.5, 0.6) is 0 Å². The second kappa shape index (κ2) is 3.84. The van der Waals surface area contributed by atoms with E-state index in [1.165, 1.54) is 38.5 Å². The van der Waals surface area contributed by atoms with Crippen LogP contribution in [0.3, 0.4) is 0 Å². The molecule has 100 valence electrons. The molecule has 0 N–H and O–H groups in total. The normalized spacial score (nSPS) is 57.4. The predicted octanol–water partition coefficient (Wildman–Crippen LogP) is 3.92. The number of fused-ring (bicyclic) bond motifs is 5. The Morgan fingerprint density at radius 1 is 0.833 bits per heavy atom. The zero-order valence-electron chi connectivity index (χ0n) is 11.8. The van der Waals surface area contributed by atoms with Gasteiger partial charge in [-0.2, -0.15) is 0 Å². The Kier molecular flexibility index (Phi) is 2.45. The molecule has 6 unspecified atom stereocenters. The van der Waals surface area contributed by atoms with E-state index >= 15 is 0 Å². The molecule has 4 aliphatic rings. The maximum Gasteiger partial charge on any atom is 0.139 e. The van der Waals surface area contributed by atoms with Crippen molar-refractivity contribution in [2.75, 3.05) is 0 Å². The van der Waals surface area contributed by atoms with Crippen molar-refractivity contribution in [3.05, 3.63) is 0 Å². The second-order valence-electron chi connectivity index (χ2n) is 8.03. The first-order valence-electron chi connectivity index (χ1n) is 8.19. The average molecular weight is 246 g/mol. The summed E-state index contributed by atoms with van der Waals surface area (Å²) in [5, 5.41) is 0. The van der Waals surface area contributed by atoms with Crippen LogP contribution < -0.4 is 0 Å². The van der Waals surface area contributed by atoms with Crippen molar-refractivity contribution in [1.29, 1.82) is 0 Å². The summed E-state index contributed by atoms with van der Waals surface area (Å²) in [5.74, 6) is 6.81. The lowest BCUT2D eigenvalue weighted by atomic mass is 9.73. The lowest BCUT2D eigenvalue weighted by molar-refractivity contribution is -0.127. The monoisotopic (exact) mass is 246 g/mol. The van der Waals surface area contributed by atoms with Crippen molar-refractivity contribution in [3.8, 4) is 0 Å². The molecular formula is C17H26O. The summed E-state index contributed by atoms with van der Waals surface area (Å²) >= 11 is 0. The van der Waals surface area contributed by atoms with Crippen molar-refractivity contribution in [1.82, 2.24) is 0 Å². The number of rotatable bonds is 2. The molecule has 2 bridgehead atoms. The fourth-order valence-electron chi connectivity index (χ4n) is 6.16. The van der Waals surface area contributed by atoms with Crippen molar-refractivity contribution in [2.45, 2.75) is 52.4 Å². The molecule has 0 aromatic carbocycles. The molecule has 0 saturated heterocycles. The quantitative estimate of drug-likeness (QED) is 0.721. The summed E-state index contributed by atoms with van der Waals surface area (Å²) in [6, 6.07) is 0. The number of hydrogen-bond acceptors (Lipinski definition) is 1. The summed E-state index contributed by atoms with van der Waals surface area (Å²) in [6.45, 7) is 4.68. The molecule has 1 nitrogen and oxygen atoms in total. The standard InChI is InChI=1S/C17H26O/c1-9-5-10(2)7-13(6-9)17(18)16-14-11-3-4-12(8-11)15(14)16/h9-16H,3-8H2,1-2H3. The highest BCUT2D eigenvalue weighted by Crippen LogP contribution is 2.70. The van der Waals surface area contributed by atoms with Gasteiger partial charge in [-0.1, -0.05) is 13.8 Å². The largest absolute Gasteiger partial charge is 0.299 e. The Morgan fingerprint density at radius 2 is 1.39 bits per heavy atom. The molecule has 18 heavy (non-hydrogen) atoms. The van der Waals surface area contributed by atoms with Gasteiger partial charge in [0.2, 0.25) is 0 Å². The van der Waals surface area contributed by atoms with E-state index in [4.69, 9.17) is 0 Å². The fourth-order valence-corrected chi connectivity index (χ4v) is 6.16. The van der Waals surface area contributed by atoms with E-state index in [0.29, 0.717) is 17.6 Å². The lowest BCUT2D eigenvalue weighted by Gasteiger charge is -2.31. The van der Waals surface area contributed by atoms with Gasteiger partial charge in [0.15, 0.2) is 0 Å². The number of hydrogen-bond donors (Lipinski definition) is 0. The summed E-state index contributed by atoms with van der Waals surface area (Å²) in [5.41, 5.74) is 0. The molecule has 4 rings (SSSR count). The maximum atomic E-state index is 12.8. The van der Waals surface area contributed by atoms with Gasteiger partial charge in [-0.3, -0.25) is 4.79 Å². The molecule has 0 aromatic heterocycles. The molecule has 4 saturated carbocycles. The maximum absolute atomic E-state index is 12.8. The highest BCUT2D eigenvalue weighted by molar-refractivity contribution is 5.87. The summed E-state index contributed by atoms with van der Waals surface area (Å²) < 4.78 is 0. The van der Waals surface area contributed by atoms with E-state index in [2.05, 4.69) is 13.8 Å². The van der Waals surface area contributed by atoms with Crippen molar-refractivity contribution >= 4 is 5.78 Å². The third-order valence-corrected chi connectivity index (χ3v) is 6.64. The molecule has 0 heterocycles. The minimum atomic E-state index is 0.429. The lowest BCUT2D eigenvalue weighted by Crippen LogP contribution is -2.28. The number of Topliss-reactive ketones (excluding diaryl/α,β-unsaturated/α-hetero) is 1. The molecule has 0 spiro atoms. The van der Waals surface area contributed by atoms with Crippen LogP contribution in [0.4, 0.5) is 0 Å². The predicted molar refractivity (Wildman–Crippen MR) is 72.0 cm³/mol. The van der Waals surface area contributed by atoms with Gasteiger partial charge in [0.05, 0.1) is 0 Å². The average Bonchev–Trinajstić information content (AvgIpc) is 2.74. The molecule has 0 amide bonds. The molecule has 0 aromatic rings. The van der Waals surface area contributed by atoms with E-state index < -0.39 is 0 Å². The summed E-state index contributed by atoms with van der Waals surface area (Å²) in [4.78, 5) is 12.8. The zero-order valence-corrected chi connectivity index (χ0v) is 11.8. The number of carbonyl (C=O) groups is 1. The van der Waals surface area contributed by atoms with Gasteiger partial charge in [0, 0.05) is 11.8 Å². The van der Waals surface area contributed by atoms with Crippen molar-refractivity contribution < 1.29 is 4.79 Å². The minimum Gasteiger partial charge on any atom is -0.299 e. The SMILES string of the molecule is CC1CC(C)CC(C(=O)C2C3C4CCC(C4)C23)C1. The Morgan fingerprint density at radius 3 is 1.94 bits per heavy atom. The van der Waals surface area contributed by atoms with Gasteiger partial charge in [0.1, 0.15) is 5.78 Å². The van der Waals surface area contributed by atoms with Gasteiger partial charge in [-0.15, -0.1) is 0 Å². The van der Waals surface area contributed by atoms with Crippen LogP contribution >= 0.6 is 0 Å². The van der Waals surface area contributed by atoms with Gasteiger partial charge in [0.25, 0.3) is 0 Å². The van der Waals surface area contributed by atoms with Crippen LogP contribution in [-0.4, -0.2) is 5.78 Å². The molecule has 0 aliphatic heterocycles. The summed E-state index contributed by atoms with van der Waals surface area (Å²) in [6.07, 6.45) is 8.06. The smallest absolute Gasteiger partial charge is 0.139 e. The van der Waals surface area contributed by atoms with Crippen molar-refractivity contribution in [2.24, 2.45) is 47.3 Å². The fraction of sp³-hybridized carbons (Fsp3) is 0.941. The Bertz CT molecular complexity index is 344. The van der Waals surface area contributed by atoms with Crippen LogP contribution in [0.15, 0.2) is 0 Å². The van der Waals surface area contributed by atoms with Gasteiger partial charge < -0.3 is 0 Å². The van der Waals surface area contributed by atoms with E-state index in [1.807, 2.05) is 0 Å². The minimum absolute atomic E-state index is 0.429. The molecule has 4 fully saturated rings. The van der Waals surface area contributed by atoms with Crippen LogP contribution in [0, 0.1) is 47.3 Å². The van der Waals surface area contributed by atoms with Crippen LogP contribution in [-0.2, 0) is 4.79 Å². The van der Waals surface area contributed by atoms with E-state index in [-0.39, 0.29) is 0 Å². The molecule has 4 aliphatic carbocycles. The van der Waals surface area contributed by atoms with Gasteiger partial charge >= 0.3 is 0 Å². The molecule has 0 radical (unpaired) electrons. The van der Waals surface area contributed by atoms with Gasteiger partial charge in [-0.25, -0.2) is 0 Å². The third-order valence-electron chi connectivity index (χ3n) is 6.64. The zero-order chi connectivity index (χ0) is 12.4. The molecule has 1 heteroatoms. The van der Waals surface area contributed by atoms with E-state index in [9.17, 15) is 4.79 Å². The summed E-state index contributed by atoms with van der Waals surface area (Å²) in [7, 11) is 0.